The highest BCUT2D eigenvalue weighted by Crippen LogP contribution is 2.13. The number of nitrogens with zero attached hydrogens (tertiary/aromatic N) is 3. The molecule has 6 heteroatoms. The molecule has 0 unspecified atom stereocenters. The SMILES string of the molecule is CC(C)(CN1CCCCC1)NC(=O)CCn1cnc2ccccc2c1=O. The smallest absolute Gasteiger partial charge is 0.261 e. The van der Waals surface area contributed by atoms with E-state index in [4.69, 9.17) is 0 Å². The summed E-state index contributed by atoms with van der Waals surface area (Å²) in [4.78, 5) is 31.6. The number of likely N-dealkylation sites (tertiary alicyclic amines) is 1. The predicted molar refractivity (Wildman–Crippen MR) is 103 cm³/mol. The van der Waals surface area contributed by atoms with Crippen molar-refractivity contribution in [3.63, 3.8) is 0 Å². The number of amides is 1. The number of aryl methyl sites for hydroxylation is 1. The lowest BCUT2D eigenvalue weighted by molar-refractivity contribution is -0.123. The molecule has 140 valence electrons. The van der Waals surface area contributed by atoms with Gasteiger partial charge < -0.3 is 10.2 Å². The van der Waals surface area contributed by atoms with Gasteiger partial charge in [-0.3, -0.25) is 14.2 Å². The van der Waals surface area contributed by atoms with Gasteiger partial charge in [-0.15, -0.1) is 0 Å². The minimum atomic E-state index is -0.277. The number of nitrogens with one attached hydrogen (secondary N) is 1. The highest BCUT2D eigenvalue weighted by molar-refractivity contribution is 5.77. The van der Waals surface area contributed by atoms with Crippen LogP contribution in [-0.4, -0.2) is 45.5 Å². The maximum absolute atomic E-state index is 12.5. The zero-order chi connectivity index (χ0) is 18.6. The third kappa shape index (κ3) is 4.69. The van der Waals surface area contributed by atoms with Crippen LogP contribution in [0.3, 0.4) is 0 Å². The third-order valence-corrected chi connectivity index (χ3v) is 4.86. The number of carbonyl (C=O) groups excluding carboxylic acids is 1. The van der Waals surface area contributed by atoms with E-state index in [-0.39, 0.29) is 23.4 Å². The lowest BCUT2D eigenvalue weighted by Crippen LogP contribution is -2.52. The van der Waals surface area contributed by atoms with Gasteiger partial charge >= 0.3 is 0 Å². The van der Waals surface area contributed by atoms with Gasteiger partial charge in [0.15, 0.2) is 0 Å². The average molecular weight is 356 g/mol. The number of para-hydroxylation sites is 1. The van der Waals surface area contributed by atoms with Gasteiger partial charge in [-0.2, -0.15) is 0 Å². The molecule has 1 aliphatic rings. The van der Waals surface area contributed by atoms with Crippen molar-refractivity contribution < 1.29 is 4.79 Å². The summed E-state index contributed by atoms with van der Waals surface area (Å²) in [5, 5.41) is 3.70. The molecule has 0 bridgehead atoms. The number of piperidine rings is 1. The summed E-state index contributed by atoms with van der Waals surface area (Å²) in [5.41, 5.74) is 0.304. The maximum Gasteiger partial charge on any atom is 0.261 e. The normalized spacial score (nSPS) is 15.9. The van der Waals surface area contributed by atoms with Crippen LogP contribution in [0.2, 0.25) is 0 Å². The Balaban J connectivity index is 1.56. The molecule has 1 saturated heterocycles. The third-order valence-electron chi connectivity index (χ3n) is 4.86. The molecule has 1 aromatic carbocycles. The molecule has 0 saturated carbocycles. The first-order chi connectivity index (χ1) is 12.4. The van der Waals surface area contributed by atoms with Gasteiger partial charge in [0.1, 0.15) is 0 Å². The molecule has 1 aliphatic heterocycles. The molecule has 2 heterocycles. The largest absolute Gasteiger partial charge is 0.350 e. The molecular formula is C20H28N4O2. The molecular weight excluding hydrogens is 328 g/mol. The summed E-state index contributed by atoms with van der Waals surface area (Å²) in [5.74, 6) is -0.0351. The van der Waals surface area contributed by atoms with E-state index < -0.39 is 0 Å². The standard InChI is InChI=1S/C20H28N4O2/c1-20(2,14-23-11-6-3-7-12-23)22-18(25)10-13-24-15-21-17-9-5-4-8-16(17)19(24)26/h4-5,8-9,15H,3,6-7,10-14H2,1-2H3,(H,22,25). The zero-order valence-corrected chi connectivity index (χ0v) is 15.7. The van der Waals surface area contributed by atoms with Crippen LogP contribution in [0.5, 0.6) is 0 Å². The van der Waals surface area contributed by atoms with Crippen molar-refractivity contribution in [3.8, 4) is 0 Å². The van der Waals surface area contributed by atoms with Gasteiger partial charge in [-0.25, -0.2) is 4.98 Å². The van der Waals surface area contributed by atoms with E-state index >= 15 is 0 Å². The van der Waals surface area contributed by atoms with Gasteiger partial charge in [0.05, 0.1) is 17.2 Å². The van der Waals surface area contributed by atoms with Gasteiger partial charge in [0, 0.05) is 25.0 Å². The summed E-state index contributed by atoms with van der Waals surface area (Å²) in [6.45, 7) is 7.53. The number of fused-ring (bicyclic) bond motifs is 1. The van der Waals surface area contributed by atoms with Crippen LogP contribution in [0.4, 0.5) is 0 Å². The zero-order valence-electron chi connectivity index (χ0n) is 15.7. The summed E-state index contributed by atoms with van der Waals surface area (Å²) < 4.78 is 1.51. The molecule has 0 atom stereocenters. The van der Waals surface area contributed by atoms with Crippen LogP contribution < -0.4 is 10.9 Å². The van der Waals surface area contributed by atoms with Crippen LogP contribution >= 0.6 is 0 Å². The number of rotatable bonds is 6. The average Bonchev–Trinajstić information content (AvgIpc) is 2.61. The van der Waals surface area contributed by atoms with E-state index in [9.17, 15) is 9.59 Å². The number of benzene rings is 1. The molecule has 1 aromatic heterocycles. The van der Waals surface area contributed by atoms with E-state index in [1.54, 1.807) is 6.07 Å². The Hall–Kier alpha value is -2.21. The Morgan fingerprint density at radius 1 is 1.19 bits per heavy atom. The summed E-state index contributed by atoms with van der Waals surface area (Å²) in [7, 11) is 0. The van der Waals surface area contributed by atoms with Gasteiger partial charge in [-0.05, 0) is 51.9 Å². The van der Waals surface area contributed by atoms with Crippen molar-refractivity contribution >= 4 is 16.8 Å². The predicted octanol–water partition coefficient (Wildman–Crippen LogP) is 2.17. The highest BCUT2D eigenvalue weighted by atomic mass is 16.2. The van der Waals surface area contributed by atoms with Crippen LogP contribution in [0.25, 0.3) is 10.9 Å². The molecule has 1 amide bonds. The minimum Gasteiger partial charge on any atom is -0.350 e. The van der Waals surface area contributed by atoms with Crippen molar-refractivity contribution in [2.45, 2.75) is 51.6 Å². The number of hydrogen-bond donors (Lipinski definition) is 1. The first-order valence-corrected chi connectivity index (χ1v) is 9.42. The summed E-state index contributed by atoms with van der Waals surface area (Å²) >= 11 is 0. The van der Waals surface area contributed by atoms with E-state index in [0.717, 1.165) is 19.6 Å². The second-order valence-electron chi connectivity index (χ2n) is 7.78. The first-order valence-electron chi connectivity index (χ1n) is 9.42. The fraction of sp³-hybridized carbons (Fsp3) is 0.550. The molecule has 0 aliphatic carbocycles. The molecule has 2 aromatic rings. The van der Waals surface area contributed by atoms with E-state index in [0.29, 0.717) is 17.4 Å². The molecule has 26 heavy (non-hydrogen) atoms. The lowest BCUT2D eigenvalue weighted by Gasteiger charge is -2.35. The van der Waals surface area contributed by atoms with Crippen molar-refractivity contribution in [2.75, 3.05) is 19.6 Å². The number of carbonyl (C=O) groups is 1. The van der Waals surface area contributed by atoms with Gasteiger partial charge in [-0.1, -0.05) is 18.6 Å². The number of aromatic nitrogens is 2. The minimum absolute atomic E-state index is 0.0351. The Labute approximate surface area is 154 Å². The Morgan fingerprint density at radius 3 is 2.69 bits per heavy atom. The van der Waals surface area contributed by atoms with Gasteiger partial charge in [0.25, 0.3) is 5.56 Å². The van der Waals surface area contributed by atoms with Crippen LogP contribution in [-0.2, 0) is 11.3 Å². The lowest BCUT2D eigenvalue weighted by atomic mass is 10.0. The molecule has 1 fully saturated rings. The fourth-order valence-electron chi connectivity index (χ4n) is 3.64. The van der Waals surface area contributed by atoms with E-state index in [1.807, 2.05) is 18.2 Å². The van der Waals surface area contributed by atoms with Crippen LogP contribution in [0, 0.1) is 0 Å². The van der Waals surface area contributed by atoms with Gasteiger partial charge in [0.2, 0.25) is 5.91 Å². The molecule has 0 spiro atoms. The maximum atomic E-state index is 12.5. The molecule has 0 radical (unpaired) electrons. The quantitative estimate of drug-likeness (QED) is 0.861. The fourth-order valence-corrected chi connectivity index (χ4v) is 3.64. The van der Waals surface area contributed by atoms with Crippen molar-refractivity contribution in [1.82, 2.24) is 19.8 Å². The summed E-state index contributed by atoms with van der Waals surface area (Å²) in [6.07, 6.45) is 5.57. The first kappa shape index (κ1) is 18.6. The van der Waals surface area contributed by atoms with Crippen LogP contribution in [0.1, 0.15) is 39.5 Å². The summed E-state index contributed by atoms with van der Waals surface area (Å²) in [6, 6.07) is 7.27. The molecule has 3 rings (SSSR count). The number of hydrogen-bond acceptors (Lipinski definition) is 4. The van der Waals surface area contributed by atoms with Crippen molar-refractivity contribution in [2.24, 2.45) is 0 Å². The van der Waals surface area contributed by atoms with Crippen LogP contribution in [0.15, 0.2) is 35.4 Å². The Kier molecular flexibility index (Phi) is 5.71. The van der Waals surface area contributed by atoms with Crippen molar-refractivity contribution in [3.05, 3.63) is 40.9 Å². The monoisotopic (exact) mass is 356 g/mol. The van der Waals surface area contributed by atoms with Crippen molar-refractivity contribution in [1.29, 1.82) is 0 Å². The Bertz CT molecular complexity index is 822. The molecule has 1 N–H and O–H groups in total. The second-order valence-corrected chi connectivity index (χ2v) is 7.78. The molecule has 6 nitrogen and oxygen atoms in total. The van der Waals surface area contributed by atoms with E-state index in [1.165, 1.54) is 30.2 Å². The second kappa shape index (κ2) is 7.99. The Morgan fingerprint density at radius 2 is 1.92 bits per heavy atom. The van der Waals surface area contributed by atoms with E-state index in [2.05, 4.69) is 29.0 Å². The highest BCUT2D eigenvalue weighted by Gasteiger charge is 2.24. The topological polar surface area (TPSA) is 67.2 Å².